The second-order valence-corrected chi connectivity index (χ2v) is 6.44. The van der Waals surface area contributed by atoms with E-state index in [1.807, 2.05) is 12.1 Å². The molecule has 2 fully saturated rings. The van der Waals surface area contributed by atoms with E-state index in [-0.39, 0.29) is 0 Å². The number of rotatable bonds is 4. The van der Waals surface area contributed by atoms with E-state index in [1.54, 1.807) is 0 Å². The normalized spacial score (nSPS) is 30.2. The summed E-state index contributed by atoms with van der Waals surface area (Å²) in [7, 11) is 0. The van der Waals surface area contributed by atoms with E-state index < -0.39 is 0 Å². The van der Waals surface area contributed by atoms with Gasteiger partial charge in [0.2, 0.25) is 0 Å². The van der Waals surface area contributed by atoms with Crippen LogP contribution in [0.25, 0.3) is 0 Å². The highest BCUT2D eigenvalue weighted by Gasteiger charge is 2.38. The van der Waals surface area contributed by atoms with Crippen molar-refractivity contribution < 1.29 is 4.74 Å². The van der Waals surface area contributed by atoms with Crippen molar-refractivity contribution in [1.82, 2.24) is 4.90 Å². The van der Waals surface area contributed by atoms with Gasteiger partial charge in [-0.25, -0.2) is 0 Å². The molecule has 1 aliphatic carbocycles. The van der Waals surface area contributed by atoms with Crippen LogP contribution in [0, 0.1) is 18.8 Å². The topological polar surface area (TPSA) is 38.5 Å². The summed E-state index contributed by atoms with van der Waals surface area (Å²) in [5, 5.41) is 0. The lowest BCUT2D eigenvalue weighted by Gasteiger charge is -2.29. The molecule has 2 aliphatic rings. The number of aryl methyl sites for hydroxylation is 1. The molecule has 0 bridgehead atoms. The summed E-state index contributed by atoms with van der Waals surface area (Å²) in [5.41, 5.74) is 7.51. The quantitative estimate of drug-likeness (QED) is 0.916. The van der Waals surface area contributed by atoms with E-state index in [0.29, 0.717) is 6.04 Å². The Morgan fingerprint density at radius 2 is 2.20 bits per heavy atom. The molecule has 110 valence electrons. The molecule has 3 rings (SSSR count). The molecule has 2 N–H and O–H groups in total. The fourth-order valence-electron chi connectivity index (χ4n) is 3.79. The van der Waals surface area contributed by atoms with Gasteiger partial charge in [-0.05, 0) is 49.3 Å². The summed E-state index contributed by atoms with van der Waals surface area (Å²) < 4.78 is 5.86. The van der Waals surface area contributed by atoms with Crippen molar-refractivity contribution in [3.63, 3.8) is 0 Å². The molecular formula is C17H26N2O. The Labute approximate surface area is 122 Å². The van der Waals surface area contributed by atoms with Crippen molar-refractivity contribution in [3.8, 4) is 5.75 Å². The van der Waals surface area contributed by atoms with Crippen molar-refractivity contribution in [2.75, 3.05) is 26.2 Å². The maximum atomic E-state index is 6.26. The van der Waals surface area contributed by atoms with E-state index >= 15 is 0 Å². The molecule has 3 nitrogen and oxygen atoms in total. The summed E-state index contributed by atoms with van der Waals surface area (Å²) >= 11 is 0. The van der Waals surface area contributed by atoms with E-state index in [0.717, 1.165) is 30.7 Å². The van der Waals surface area contributed by atoms with E-state index in [4.69, 9.17) is 10.5 Å². The molecule has 0 aromatic heterocycles. The number of hydrogen-bond donors (Lipinski definition) is 1. The molecule has 3 heteroatoms. The van der Waals surface area contributed by atoms with Gasteiger partial charge in [-0.1, -0.05) is 18.6 Å². The van der Waals surface area contributed by atoms with E-state index in [9.17, 15) is 0 Å². The lowest BCUT2D eigenvalue weighted by atomic mass is 9.78. The van der Waals surface area contributed by atoms with Gasteiger partial charge in [-0.15, -0.1) is 0 Å². The summed E-state index contributed by atoms with van der Waals surface area (Å²) in [4.78, 5) is 2.54. The predicted molar refractivity (Wildman–Crippen MR) is 81.9 cm³/mol. The van der Waals surface area contributed by atoms with Crippen LogP contribution in [-0.2, 0) is 0 Å². The molecule has 1 heterocycles. The van der Waals surface area contributed by atoms with Gasteiger partial charge >= 0.3 is 0 Å². The first kappa shape index (κ1) is 13.9. The van der Waals surface area contributed by atoms with E-state index in [2.05, 4.69) is 24.0 Å². The number of nitrogens with zero attached hydrogens (tertiary/aromatic N) is 1. The van der Waals surface area contributed by atoms with Crippen LogP contribution in [0.4, 0.5) is 0 Å². The van der Waals surface area contributed by atoms with Crippen molar-refractivity contribution >= 4 is 0 Å². The Kier molecular flexibility index (Phi) is 4.27. The molecule has 1 aromatic rings. The Hall–Kier alpha value is -1.06. The van der Waals surface area contributed by atoms with Gasteiger partial charge in [0, 0.05) is 25.7 Å². The number of likely N-dealkylation sites (tertiary alicyclic amines) is 1. The first-order valence-corrected chi connectivity index (χ1v) is 7.90. The fraction of sp³-hybridized carbons (Fsp3) is 0.647. The standard InChI is InChI=1S/C17H26N2O/c1-13-4-2-6-15(10-13)20-9-8-19-11-14-5-3-7-17(18)16(14)12-19/h2,4,6,10,14,16-17H,3,5,7-9,11-12,18H2,1H3. The molecule has 0 radical (unpaired) electrons. The lowest BCUT2D eigenvalue weighted by Crippen LogP contribution is -2.38. The minimum absolute atomic E-state index is 0.427. The molecule has 1 aromatic carbocycles. The minimum Gasteiger partial charge on any atom is -0.492 e. The van der Waals surface area contributed by atoms with Gasteiger partial charge in [-0.2, -0.15) is 0 Å². The average molecular weight is 274 g/mol. The van der Waals surface area contributed by atoms with Gasteiger partial charge in [0.25, 0.3) is 0 Å². The number of ether oxygens (including phenoxy) is 1. The molecule has 1 aliphatic heterocycles. The van der Waals surface area contributed by atoms with Crippen LogP contribution in [0.5, 0.6) is 5.75 Å². The van der Waals surface area contributed by atoms with Crippen molar-refractivity contribution in [1.29, 1.82) is 0 Å². The number of nitrogens with two attached hydrogens (primary N) is 1. The van der Waals surface area contributed by atoms with Crippen molar-refractivity contribution in [2.24, 2.45) is 17.6 Å². The molecule has 1 saturated carbocycles. The second kappa shape index (κ2) is 6.15. The highest BCUT2D eigenvalue weighted by molar-refractivity contribution is 5.27. The van der Waals surface area contributed by atoms with Crippen molar-refractivity contribution in [3.05, 3.63) is 29.8 Å². The van der Waals surface area contributed by atoms with Crippen LogP contribution < -0.4 is 10.5 Å². The van der Waals surface area contributed by atoms with Crippen LogP contribution in [0.2, 0.25) is 0 Å². The summed E-state index contributed by atoms with van der Waals surface area (Å²) in [5.74, 6) is 2.54. The zero-order valence-corrected chi connectivity index (χ0v) is 12.4. The lowest BCUT2D eigenvalue weighted by molar-refractivity contribution is 0.229. The zero-order chi connectivity index (χ0) is 13.9. The molecule has 0 spiro atoms. The minimum atomic E-state index is 0.427. The fourth-order valence-corrected chi connectivity index (χ4v) is 3.79. The van der Waals surface area contributed by atoms with Crippen LogP contribution in [0.1, 0.15) is 24.8 Å². The van der Waals surface area contributed by atoms with Gasteiger partial charge in [0.05, 0.1) is 0 Å². The van der Waals surface area contributed by atoms with Gasteiger partial charge in [0.1, 0.15) is 12.4 Å². The molecule has 3 unspecified atom stereocenters. The Balaban J connectivity index is 1.46. The second-order valence-electron chi connectivity index (χ2n) is 6.44. The van der Waals surface area contributed by atoms with Gasteiger partial charge < -0.3 is 10.5 Å². The zero-order valence-electron chi connectivity index (χ0n) is 12.4. The van der Waals surface area contributed by atoms with Gasteiger partial charge in [-0.3, -0.25) is 4.90 Å². The third-order valence-electron chi connectivity index (χ3n) is 4.90. The van der Waals surface area contributed by atoms with Crippen molar-refractivity contribution in [2.45, 2.75) is 32.2 Å². The Bertz CT molecular complexity index is 448. The smallest absolute Gasteiger partial charge is 0.119 e. The third-order valence-corrected chi connectivity index (χ3v) is 4.90. The average Bonchev–Trinajstić information content (AvgIpc) is 2.83. The molecule has 3 atom stereocenters. The molecular weight excluding hydrogens is 248 g/mol. The maximum absolute atomic E-state index is 6.26. The van der Waals surface area contributed by atoms with E-state index in [1.165, 1.54) is 37.9 Å². The SMILES string of the molecule is Cc1cccc(OCCN2CC3CCCC(N)C3C2)c1. The Morgan fingerprint density at radius 3 is 3.00 bits per heavy atom. The van der Waals surface area contributed by atoms with Crippen LogP contribution >= 0.6 is 0 Å². The number of fused-ring (bicyclic) bond motifs is 1. The summed E-state index contributed by atoms with van der Waals surface area (Å²) in [6, 6.07) is 8.70. The summed E-state index contributed by atoms with van der Waals surface area (Å²) in [6.45, 7) is 6.28. The summed E-state index contributed by atoms with van der Waals surface area (Å²) in [6.07, 6.45) is 3.90. The molecule has 1 saturated heterocycles. The monoisotopic (exact) mass is 274 g/mol. The van der Waals surface area contributed by atoms with Crippen LogP contribution in [0.15, 0.2) is 24.3 Å². The maximum Gasteiger partial charge on any atom is 0.119 e. The third kappa shape index (κ3) is 3.15. The number of hydrogen-bond acceptors (Lipinski definition) is 3. The van der Waals surface area contributed by atoms with Crippen LogP contribution in [-0.4, -0.2) is 37.2 Å². The Morgan fingerprint density at radius 1 is 1.30 bits per heavy atom. The largest absolute Gasteiger partial charge is 0.492 e. The van der Waals surface area contributed by atoms with Crippen LogP contribution in [0.3, 0.4) is 0 Å². The first-order valence-electron chi connectivity index (χ1n) is 7.90. The highest BCUT2D eigenvalue weighted by Crippen LogP contribution is 2.35. The number of benzene rings is 1. The predicted octanol–water partition coefficient (Wildman–Crippen LogP) is 2.43. The molecule has 20 heavy (non-hydrogen) atoms. The first-order chi connectivity index (χ1) is 9.72. The highest BCUT2D eigenvalue weighted by atomic mass is 16.5. The van der Waals surface area contributed by atoms with Gasteiger partial charge in [0.15, 0.2) is 0 Å². The molecule has 0 amide bonds.